The molecule has 23 heavy (non-hydrogen) atoms. The van der Waals surface area contributed by atoms with Crippen LogP contribution in [0.2, 0.25) is 18.1 Å². The van der Waals surface area contributed by atoms with Crippen LogP contribution in [0.4, 0.5) is 0 Å². The van der Waals surface area contributed by atoms with Gasteiger partial charge in [-0.05, 0) is 24.6 Å². The van der Waals surface area contributed by atoms with Crippen LogP contribution in [0.25, 0.3) is 0 Å². The lowest BCUT2D eigenvalue weighted by atomic mass is 10.0. The molecule has 0 unspecified atom stereocenters. The molecule has 0 fully saturated rings. The molecule has 140 valence electrons. The first-order valence-electron chi connectivity index (χ1n) is 10.0. The van der Waals surface area contributed by atoms with Crippen molar-refractivity contribution < 1.29 is 9.53 Å². The molecule has 0 rings (SSSR count). The van der Waals surface area contributed by atoms with Crippen molar-refractivity contribution in [1.82, 2.24) is 0 Å². The molecule has 0 saturated carbocycles. The van der Waals surface area contributed by atoms with Gasteiger partial charge in [-0.15, -0.1) is 0 Å². The molecule has 0 aromatic rings. The van der Waals surface area contributed by atoms with Gasteiger partial charge in [-0.25, -0.2) is 0 Å². The Labute approximate surface area is 147 Å². The minimum absolute atomic E-state index is 0.226. The molecule has 0 saturated heterocycles. The lowest BCUT2D eigenvalue weighted by Gasteiger charge is -2.36. The third-order valence-electron chi connectivity index (χ3n) is 5.33. The van der Waals surface area contributed by atoms with E-state index in [0.29, 0.717) is 6.61 Å². The number of rotatable bonds is 14. The molecule has 0 aromatic heterocycles. The van der Waals surface area contributed by atoms with E-state index in [4.69, 9.17) is 4.43 Å². The van der Waals surface area contributed by atoms with Gasteiger partial charge in [-0.1, -0.05) is 91.9 Å². The quantitative estimate of drug-likeness (QED) is 0.281. The minimum Gasteiger partial charge on any atom is -0.414 e. The van der Waals surface area contributed by atoms with E-state index in [1.54, 1.807) is 0 Å². The van der Waals surface area contributed by atoms with Crippen LogP contribution < -0.4 is 0 Å². The van der Waals surface area contributed by atoms with Gasteiger partial charge in [0, 0.05) is 0 Å². The Balaban J connectivity index is 3.49. The Kier molecular flexibility index (Phi) is 12.6. The second kappa shape index (κ2) is 12.5. The molecule has 1 N–H and O–H groups in total. The first kappa shape index (κ1) is 23.1. The van der Waals surface area contributed by atoms with Crippen molar-refractivity contribution in [2.24, 2.45) is 0 Å². The smallest absolute Gasteiger partial charge is 0.192 e. The zero-order valence-corrected chi connectivity index (χ0v) is 17.9. The highest BCUT2D eigenvalue weighted by atomic mass is 28.4. The lowest BCUT2D eigenvalue weighted by molar-refractivity contribution is 0.0905. The highest BCUT2D eigenvalue weighted by Gasteiger charge is 2.37. The summed E-state index contributed by atoms with van der Waals surface area (Å²) in [7, 11) is -1.71. The van der Waals surface area contributed by atoms with Gasteiger partial charge in [0.25, 0.3) is 0 Å². The van der Waals surface area contributed by atoms with Crippen LogP contribution >= 0.6 is 0 Å². The molecular weight excluding hydrogens is 300 g/mol. The molecule has 0 radical (unpaired) electrons. The number of hydrogen-bond acceptors (Lipinski definition) is 2. The average Bonchev–Trinajstić information content (AvgIpc) is 2.46. The van der Waals surface area contributed by atoms with Gasteiger partial charge in [0.2, 0.25) is 0 Å². The zero-order chi connectivity index (χ0) is 17.8. The summed E-state index contributed by atoms with van der Waals surface area (Å²) in [5.74, 6) is 0. The van der Waals surface area contributed by atoms with E-state index in [1.807, 2.05) is 0 Å². The number of hydrogen-bond donors (Lipinski definition) is 1. The normalized spacial score (nSPS) is 14.2. The zero-order valence-electron chi connectivity index (χ0n) is 16.9. The van der Waals surface area contributed by atoms with Crippen LogP contribution in [-0.4, -0.2) is 26.1 Å². The summed E-state index contributed by atoms with van der Waals surface area (Å²) in [5, 5.41) is 10.3. The highest BCUT2D eigenvalue weighted by Crippen LogP contribution is 2.36. The Bertz CT molecular complexity index is 271. The first-order valence-corrected chi connectivity index (χ1v) is 12.9. The monoisotopic (exact) mass is 344 g/mol. The molecule has 0 aliphatic carbocycles. The van der Waals surface area contributed by atoms with Crippen LogP contribution in [0.1, 0.15) is 98.3 Å². The average molecular weight is 345 g/mol. The highest BCUT2D eigenvalue weighted by molar-refractivity contribution is 6.74. The van der Waals surface area contributed by atoms with E-state index in [9.17, 15) is 5.11 Å². The molecule has 2 nitrogen and oxygen atoms in total. The van der Waals surface area contributed by atoms with Crippen molar-refractivity contribution in [3.05, 3.63) is 0 Å². The van der Waals surface area contributed by atoms with E-state index in [0.717, 1.165) is 12.8 Å². The molecule has 0 heterocycles. The predicted octanol–water partition coefficient (Wildman–Crippen LogP) is 6.68. The van der Waals surface area contributed by atoms with Gasteiger partial charge in [-0.3, -0.25) is 0 Å². The largest absolute Gasteiger partial charge is 0.414 e. The molecule has 0 aliphatic heterocycles. The maximum atomic E-state index is 10.1. The van der Waals surface area contributed by atoms with Crippen molar-refractivity contribution in [3.63, 3.8) is 0 Å². The first-order chi connectivity index (χ1) is 10.7. The van der Waals surface area contributed by atoms with Gasteiger partial charge in [0.1, 0.15) is 0 Å². The SMILES string of the molecule is CCCCCCCCCCCC[C@H](O)CO[Si](C)(C)C(C)(C)C. The summed E-state index contributed by atoms with van der Waals surface area (Å²) in [4.78, 5) is 0. The van der Waals surface area contributed by atoms with Gasteiger partial charge < -0.3 is 9.53 Å². The fourth-order valence-electron chi connectivity index (χ4n) is 2.47. The molecule has 0 aromatic carbocycles. The van der Waals surface area contributed by atoms with Crippen molar-refractivity contribution >= 4 is 8.32 Å². The standard InChI is InChI=1S/C20H44O2Si/c1-7-8-9-10-11-12-13-14-15-16-17-19(21)18-22-23(5,6)20(2,3)4/h19,21H,7-18H2,1-6H3/t19-/m0/s1. The third kappa shape index (κ3) is 12.2. The Morgan fingerprint density at radius 3 is 1.70 bits per heavy atom. The summed E-state index contributed by atoms with van der Waals surface area (Å²) in [6, 6.07) is 0. The van der Waals surface area contributed by atoms with E-state index in [1.165, 1.54) is 57.8 Å². The van der Waals surface area contributed by atoms with Crippen LogP contribution in [0, 0.1) is 0 Å². The molecule has 0 bridgehead atoms. The summed E-state index contributed by atoms with van der Waals surface area (Å²) in [5.41, 5.74) is 0. The van der Waals surface area contributed by atoms with Crippen LogP contribution in [-0.2, 0) is 4.43 Å². The molecule has 0 aliphatic rings. The number of unbranched alkanes of at least 4 members (excludes halogenated alkanes) is 9. The van der Waals surface area contributed by atoms with E-state index < -0.39 is 8.32 Å². The van der Waals surface area contributed by atoms with Crippen molar-refractivity contribution in [1.29, 1.82) is 0 Å². The van der Waals surface area contributed by atoms with E-state index in [-0.39, 0.29) is 11.1 Å². The minimum atomic E-state index is -1.71. The van der Waals surface area contributed by atoms with Crippen LogP contribution in [0.15, 0.2) is 0 Å². The topological polar surface area (TPSA) is 29.5 Å². The van der Waals surface area contributed by atoms with Gasteiger partial charge in [0.05, 0.1) is 12.7 Å². The van der Waals surface area contributed by atoms with E-state index in [2.05, 4.69) is 40.8 Å². The lowest BCUT2D eigenvalue weighted by Crippen LogP contribution is -2.42. The number of aliphatic hydroxyl groups excluding tert-OH is 1. The van der Waals surface area contributed by atoms with Crippen molar-refractivity contribution in [3.8, 4) is 0 Å². The molecule has 3 heteroatoms. The van der Waals surface area contributed by atoms with Gasteiger partial charge in [0.15, 0.2) is 8.32 Å². The van der Waals surface area contributed by atoms with Crippen LogP contribution in [0.3, 0.4) is 0 Å². The Morgan fingerprint density at radius 1 is 0.826 bits per heavy atom. The van der Waals surface area contributed by atoms with Crippen molar-refractivity contribution in [2.75, 3.05) is 6.61 Å². The summed E-state index contributed by atoms with van der Waals surface area (Å²) >= 11 is 0. The molecule has 1 atom stereocenters. The second-order valence-corrected chi connectivity index (χ2v) is 13.5. The molecule has 0 amide bonds. The van der Waals surface area contributed by atoms with Crippen LogP contribution in [0.5, 0.6) is 0 Å². The second-order valence-electron chi connectivity index (χ2n) is 8.70. The maximum absolute atomic E-state index is 10.1. The van der Waals surface area contributed by atoms with E-state index >= 15 is 0 Å². The summed E-state index contributed by atoms with van der Waals surface area (Å²) < 4.78 is 6.09. The molecule has 0 spiro atoms. The van der Waals surface area contributed by atoms with Gasteiger partial charge >= 0.3 is 0 Å². The fraction of sp³-hybridized carbons (Fsp3) is 1.00. The number of aliphatic hydroxyl groups is 1. The molecular formula is C20H44O2Si. The Hall–Kier alpha value is 0.137. The summed E-state index contributed by atoms with van der Waals surface area (Å²) in [6.07, 6.45) is 14.0. The van der Waals surface area contributed by atoms with Crippen molar-refractivity contribution in [2.45, 2.75) is 123 Å². The predicted molar refractivity (Wildman–Crippen MR) is 106 cm³/mol. The summed E-state index contributed by atoms with van der Waals surface area (Å²) in [6.45, 7) is 14.0. The third-order valence-corrected chi connectivity index (χ3v) is 9.83. The fourth-order valence-corrected chi connectivity index (χ4v) is 3.51. The van der Waals surface area contributed by atoms with Gasteiger partial charge in [-0.2, -0.15) is 0 Å². The Morgan fingerprint density at radius 2 is 1.26 bits per heavy atom. The maximum Gasteiger partial charge on any atom is 0.192 e.